The molecule has 0 bridgehead atoms. The predicted octanol–water partition coefficient (Wildman–Crippen LogP) is 2.01. The van der Waals surface area contributed by atoms with Gasteiger partial charge in [-0.2, -0.15) is 0 Å². The number of benzene rings is 2. The molecule has 11 atom stereocenters. The minimum atomic E-state index is -1.67. The number of guanidine groups is 1. The van der Waals surface area contributed by atoms with Crippen molar-refractivity contribution in [2.45, 2.75) is 205 Å². The molecule has 2 aromatic carbocycles. The number of nitrogens with zero attached hydrogens (tertiary/aromatic N) is 3. The van der Waals surface area contributed by atoms with Gasteiger partial charge in [0.25, 0.3) is 0 Å². The Labute approximate surface area is 706 Å². The fourth-order valence-corrected chi connectivity index (χ4v) is 15.8. The summed E-state index contributed by atoms with van der Waals surface area (Å²) in [5, 5.41) is 50.8. The third kappa shape index (κ3) is 35.8. The van der Waals surface area contributed by atoms with Gasteiger partial charge in [0.2, 0.25) is 53.2 Å². The average Bonchev–Trinajstić information content (AvgIpc) is 1.65. The van der Waals surface area contributed by atoms with Gasteiger partial charge in [-0.1, -0.05) is 72.7 Å². The maximum absolute atomic E-state index is 15.2. The molecule has 1 saturated heterocycles. The van der Waals surface area contributed by atoms with Crippen molar-refractivity contribution >= 4 is 121 Å². The number of aromatic hydroxyl groups is 1. The van der Waals surface area contributed by atoms with E-state index in [0.29, 0.717) is 60.7 Å². The van der Waals surface area contributed by atoms with Gasteiger partial charge in [0.05, 0.1) is 57.5 Å². The van der Waals surface area contributed by atoms with E-state index in [1.54, 1.807) is 12.3 Å². The van der Waals surface area contributed by atoms with Crippen LogP contribution in [0, 0.1) is 29.6 Å². The van der Waals surface area contributed by atoms with Crippen molar-refractivity contribution in [3.63, 3.8) is 0 Å². The zero-order valence-electron chi connectivity index (χ0n) is 68.9. The number of carbonyl (C=O) groups excluding carboxylic acids is 14. The standard InChI is InChI=1S/C82H121N15O21S2/c1-5-60(46-98)118-75(115-4)48-117-74(108)19-10-18-72(106)88-29-33-119-120-34-32-116-31-26-73(107)87-27-9-8-15-63(68(102)39-53(35-50(2)3)77(110)94-64(16-11-28-89-82(84)85)81(114)97-30-12-17-67(97)80(113)91-45-71(83)105)93-78(111)54(36-51-20-23-58(100)24-21-51)40-70(104)66(47-99)96-79(112)55(37-56-43-90-62-14-7-6-13-61(56)62)41-69(103)65(42-57-44-86-49-92-57)95-76(109)52-22-25-59(101)38-52/h6-7,13-14,20-21,23-24,43-44,49-50,52-55,60,63-67,75,90,98-100H,5,8-12,15-19,22,25-42,45-48H2,1-4H3,(H2,83,105)(H,86,92)(H,87,107)(H,88,106)(H,91,113)(H,93,111)(H,94,110)(H,95,109)(H,96,112)(H4,84,85,89)/t52?,53-,54-,55-,60?,63?,64+,65+,66+,67-,75?/m0/s1. The van der Waals surface area contributed by atoms with Gasteiger partial charge in [-0.15, -0.1) is 0 Å². The Bertz CT molecular complexity index is 4010. The summed E-state index contributed by atoms with van der Waals surface area (Å²) < 4.78 is 21.6. The van der Waals surface area contributed by atoms with Gasteiger partial charge < -0.3 is 104 Å². The summed E-state index contributed by atoms with van der Waals surface area (Å²) in [6, 6.07) is 6.57. The topological polar surface area (TPSA) is 559 Å². The minimum Gasteiger partial charge on any atom is -0.508 e. The number of nitrogens with one attached hydrogen (secondary N) is 9. The van der Waals surface area contributed by atoms with E-state index in [2.05, 4.69) is 57.2 Å². The molecule has 662 valence electrons. The van der Waals surface area contributed by atoms with Gasteiger partial charge in [-0.3, -0.25) is 72.1 Å². The number of hydrogen-bond acceptors (Lipinski definition) is 25. The van der Waals surface area contributed by atoms with Crippen LogP contribution in [0.5, 0.6) is 5.75 Å². The van der Waals surface area contributed by atoms with Crippen LogP contribution in [0.3, 0.4) is 0 Å². The summed E-state index contributed by atoms with van der Waals surface area (Å²) in [6.07, 6.45) is 4.30. The number of unbranched alkanes of at least 4 members (excludes halogenated alkanes) is 1. The second-order valence-corrected chi connectivity index (χ2v) is 33.1. The molecule has 4 aromatic rings. The molecule has 2 aliphatic rings. The number of para-hydroxylation sites is 1. The number of aliphatic imine (C=N–C) groups is 1. The van der Waals surface area contributed by atoms with E-state index in [9.17, 15) is 72.9 Å². The number of fused-ring (bicyclic) bond motifs is 1. The van der Waals surface area contributed by atoms with E-state index in [-0.39, 0.29) is 177 Å². The summed E-state index contributed by atoms with van der Waals surface area (Å²) in [5.41, 5.74) is 18.8. The highest BCUT2D eigenvalue weighted by Crippen LogP contribution is 2.29. The Hall–Kier alpha value is -9.86. The number of ketones is 4. The Balaban J connectivity index is 1.15. The number of aromatic amines is 2. The van der Waals surface area contributed by atoms with E-state index in [0.717, 1.165) is 10.9 Å². The number of amides is 9. The first-order chi connectivity index (χ1) is 57.6. The highest BCUT2D eigenvalue weighted by molar-refractivity contribution is 8.76. The number of primary amides is 1. The zero-order chi connectivity index (χ0) is 87.5. The molecule has 0 spiro atoms. The van der Waals surface area contributed by atoms with Crippen LogP contribution in [0.25, 0.3) is 10.9 Å². The molecular formula is C82H121N15O21S2. The number of imidazole rings is 1. The number of H-pyrrole nitrogens is 2. The number of Topliss-reactive ketones (excluding diaryl/α,β-unsaturated/α-hetero) is 4. The first kappa shape index (κ1) is 99.0. The molecule has 1 aliphatic heterocycles. The van der Waals surface area contributed by atoms with Gasteiger partial charge in [-0.05, 0) is 119 Å². The van der Waals surface area contributed by atoms with Crippen LogP contribution in [-0.2, 0) is 105 Å². The van der Waals surface area contributed by atoms with Crippen LogP contribution in [0.15, 0.2) is 72.2 Å². The number of aromatic nitrogens is 3. The van der Waals surface area contributed by atoms with Gasteiger partial charge in [0, 0.05) is 155 Å². The Kier molecular flexibility index (Phi) is 44.3. The third-order valence-electron chi connectivity index (χ3n) is 20.5. The lowest BCUT2D eigenvalue weighted by molar-refractivity contribution is -0.194. The number of ether oxygens (including phenoxy) is 4. The number of likely N-dealkylation sites (tertiary alicyclic amines) is 1. The molecular weight excluding hydrogens is 1600 g/mol. The molecule has 38 heteroatoms. The fraction of sp³-hybridized carbons (Fsp3) is 0.610. The molecule has 9 amide bonds. The quantitative estimate of drug-likeness (QED) is 0.00750. The number of methoxy groups -OCH3 is 1. The summed E-state index contributed by atoms with van der Waals surface area (Å²) in [7, 11) is 4.44. The van der Waals surface area contributed by atoms with Gasteiger partial charge in [0.1, 0.15) is 36.3 Å². The van der Waals surface area contributed by atoms with Crippen LogP contribution >= 0.6 is 21.6 Å². The van der Waals surface area contributed by atoms with Crippen molar-refractivity contribution in [2.75, 3.05) is 84.4 Å². The normalized spacial score (nSPS) is 16.2. The largest absolute Gasteiger partial charge is 0.508 e. The van der Waals surface area contributed by atoms with Crippen LogP contribution in [0.4, 0.5) is 0 Å². The van der Waals surface area contributed by atoms with E-state index in [1.807, 2.05) is 39.0 Å². The second-order valence-electron chi connectivity index (χ2n) is 30.4. The monoisotopic (exact) mass is 1720 g/mol. The third-order valence-corrected chi connectivity index (χ3v) is 22.9. The maximum Gasteiger partial charge on any atom is 0.305 e. The van der Waals surface area contributed by atoms with Gasteiger partial charge in [-0.25, -0.2) is 4.98 Å². The summed E-state index contributed by atoms with van der Waals surface area (Å²) >= 11 is 0. The fourth-order valence-electron chi connectivity index (χ4n) is 14.0. The number of rotatable bonds is 60. The number of phenolic OH excluding ortho intramolecular Hbond substituents is 1. The molecule has 2 fully saturated rings. The number of aliphatic hydroxyl groups excluding tert-OH is 2. The van der Waals surface area contributed by atoms with Crippen molar-refractivity contribution in [3.05, 3.63) is 84.1 Å². The lowest BCUT2D eigenvalue weighted by atomic mass is 9.87. The molecule has 0 radical (unpaired) electrons. The Morgan fingerprint density at radius 1 is 0.692 bits per heavy atom. The molecule has 120 heavy (non-hydrogen) atoms. The molecule has 2 aromatic heterocycles. The second kappa shape index (κ2) is 53.7. The van der Waals surface area contributed by atoms with Crippen molar-refractivity contribution in [1.29, 1.82) is 0 Å². The molecule has 3 heterocycles. The van der Waals surface area contributed by atoms with Crippen LogP contribution in [-0.4, -0.2) is 250 Å². The molecule has 1 aliphatic carbocycles. The number of phenols is 1. The molecule has 4 unspecified atom stereocenters. The average molecular weight is 1720 g/mol. The van der Waals surface area contributed by atoms with Crippen molar-refractivity contribution in [1.82, 2.24) is 57.1 Å². The Morgan fingerprint density at radius 2 is 1.36 bits per heavy atom. The number of aliphatic hydroxyl groups is 2. The maximum atomic E-state index is 15.2. The van der Waals surface area contributed by atoms with Crippen LogP contribution in [0.2, 0.25) is 0 Å². The first-order valence-corrected chi connectivity index (χ1v) is 43.5. The zero-order valence-corrected chi connectivity index (χ0v) is 70.5. The van der Waals surface area contributed by atoms with E-state index >= 15 is 9.59 Å². The van der Waals surface area contributed by atoms with E-state index in [4.69, 9.17) is 36.1 Å². The van der Waals surface area contributed by atoms with E-state index in [1.165, 1.54) is 70.4 Å². The molecule has 1 saturated carbocycles. The first-order valence-electron chi connectivity index (χ1n) is 41.0. The molecule has 18 N–H and O–H groups in total. The lowest BCUT2D eigenvalue weighted by Gasteiger charge is -2.30. The van der Waals surface area contributed by atoms with Gasteiger partial charge in [0.15, 0.2) is 29.6 Å². The molecule has 36 nitrogen and oxygen atoms in total. The highest BCUT2D eigenvalue weighted by Gasteiger charge is 2.41. The lowest BCUT2D eigenvalue weighted by Crippen LogP contribution is -2.55. The number of hydrogen-bond donors (Lipinski definition) is 15. The summed E-state index contributed by atoms with van der Waals surface area (Å²) in [5.74, 6) is -11.7. The van der Waals surface area contributed by atoms with E-state index < -0.39 is 163 Å². The van der Waals surface area contributed by atoms with Crippen molar-refractivity contribution in [2.24, 2.45) is 51.8 Å². The summed E-state index contributed by atoms with van der Waals surface area (Å²) in [4.78, 5) is 208. The number of esters is 1. The minimum absolute atomic E-state index is 0.00833. The van der Waals surface area contributed by atoms with Gasteiger partial charge >= 0.3 is 5.97 Å². The number of nitrogens with two attached hydrogens (primary N) is 3. The van der Waals surface area contributed by atoms with Crippen molar-refractivity contribution in [3.8, 4) is 5.75 Å². The SMILES string of the molecule is CCC(CO)OC(COC(=O)CCCC(=O)NCCSSCCOCCC(=O)NCCCCC(NC(=O)[C@H](CC(=O)[C@@H](CO)NC(=O)[C@H](CC(=O)[C@@H](Cc1cnc[nH]1)NC(=O)C1CCC(=O)C1)Cc1c[nH]c2ccccc12)Cc1ccc(O)cc1)C(=O)C[C@H](CC(C)C)C(=O)N[C@H](CCCN=C(N)N)C(=O)N1CCC[C@H]1C(=O)NCC(N)=O)OC. The van der Waals surface area contributed by atoms with Crippen molar-refractivity contribution < 1.29 is 101 Å². The van der Waals surface area contributed by atoms with Crippen LogP contribution < -0.4 is 54.4 Å². The summed E-state index contributed by atoms with van der Waals surface area (Å²) in [6.45, 7) is 4.86. The molecule has 6 rings (SSSR count). The van der Waals surface area contributed by atoms with Crippen LogP contribution in [0.1, 0.15) is 160 Å². The predicted molar refractivity (Wildman–Crippen MR) is 447 cm³/mol. The Morgan fingerprint density at radius 3 is 2.03 bits per heavy atom. The number of carbonyl (C=O) groups is 14. The highest BCUT2D eigenvalue weighted by atomic mass is 33.1. The smallest absolute Gasteiger partial charge is 0.305 e.